The Morgan fingerprint density at radius 1 is 1.25 bits per heavy atom. The molecule has 0 aromatic heterocycles. The van der Waals surface area contributed by atoms with E-state index in [0.29, 0.717) is 22.0 Å². The molecule has 0 unspecified atom stereocenters. The van der Waals surface area contributed by atoms with E-state index in [2.05, 4.69) is 12.6 Å². The molecule has 16 heavy (non-hydrogen) atoms. The molecule has 0 heterocycles. The topological polar surface area (TPSA) is 38.8 Å². The number of amides is 1. The van der Waals surface area contributed by atoms with Crippen LogP contribution in [0.3, 0.4) is 0 Å². The quantitative estimate of drug-likeness (QED) is 0.819. The number of hydrogen-bond donors (Lipinski definition) is 1. The fourth-order valence-corrected chi connectivity index (χ4v) is 1.58. The lowest BCUT2D eigenvalue weighted by atomic mass is 10.1. The predicted octanol–water partition coefficient (Wildman–Crippen LogP) is 1.69. The first kappa shape index (κ1) is 12.7. The van der Waals surface area contributed by atoms with Crippen molar-refractivity contribution in [3.63, 3.8) is 0 Å². The summed E-state index contributed by atoms with van der Waals surface area (Å²) in [6.45, 7) is 0. The molecule has 0 aliphatic heterocycles. The monoisotopic (exact) mass is 241 g/mol. The van der Waals surface area contributed by atoms with Crippen LogP contribution < -0.4 is 9.47 Å². The van der Waals surface area contributed by atoms with Gasteiger partial charge in [0.05, 0.1) is 24.7 Å². The first-order valence-electron chi connectivity index (χ1n) is 4.68. The van der Waals surface area contributed by atoms with Crippen molar-refractivity contribution in [3.05, 3.63) is 17.7 Å². The maximum Gasteiger partial charge on any atom is 0.254 e. The maximum absolute atomic E-state index is 11.9. The van der Waals surface area contributed by atoms with Crippen LogP contribution in [-0.4, -0.2) is 39.1 Å². The highest BCUT2D eigenvalue weighted by atomic mass is 32.1. The number of hydrogen-bond acceptors (Lipinski definition) is 4. The second kappa shape index (κ2) is 5.12. The molecule has 0 radical (unpaired) electrons. The smallest absolute Gasteiger partial charge is 0.254 e. The van der Waals surface area contributed by atoms with Gasteiger partial charge in [-0.05, 0) is 6.07 Å². The third-order valence-electron chi connectivity index (χ3n) is 2.14. The summed E-state index contributed by atoms with van der Waals surface area (Å²) in [5.74, 6) is 0.954. The minimum absolute atomic E-state index is 0.137. The van der Waals surface area contributed by atoms with Crippen LogP contribution >= 0.6 is 12.6 Å². The van der Waals surface area contributed by atoms with Crippen LogP contribution in [0.5, 0.6) is 11.5 Å². The Bertz CT molecular complexity index is 404. The molecule has 0 fully saturated rings. The third kappa shape index (κ3) is 2.41. The van der Waals surface area contributed by atoms with Crippen molar-refractivity contribution < 1.29 is 14.3 Å². The number of carbonyl (C=O) groups is 1. The lowest BCUT2D eigenvalue weighted by molar-refractivity contribution is 0.0823. The standard InChI is InChI=1S/C11H15NO3S/c1-12(2)11(13)8-5-7(14-3)6-9(15-4)10(8)16/h5-6,16H,1-4H3. The highest BCUT2D eigenvalue weighted by Gasteiger charge is 2.16. The fourth-order valence-electron chi connectivity index (χ4n) is 1.26. The van der Waals surface area contributed by atoms with Gasteiger partial charge in [0.15, 0.2) is 0 Å². The van der Waals surface area contributed by atoms with Crippen LogP contribution in [0.15, 0.2) is 17.0 Å². The van der Waals surface area contributed by atoms with Gasteiger partial charge in [-0.15, -0.1) is 12.6 Å². The molecule has 4 nitrogen and oxygen atoms in total. The molecule has 0 aliphatic carbocycles. The average molecular weight is 241 g/mol. The summed E-state index contributed by atoms with van der Waals surface area (Å²) in [4.78, 5) is 13.9. The zero-order valence-corrected chi connectivity index (χ0v) is 10.7. The first-order valence-corrected chi connectivity index (χ1v) is 5.12. The van der Waals surface area contributed by atoms with E-state index in [1.165, 1.54) is 19.1 Å². The van der Waals surface area contributed by atoms with E-state index in [4.69, 9.17) is 9.47 Å². The highest BCUT2D eigenvalue weighted by Crippen LogP contribution is 2.32. The van der Waals surface area contributed by atoms with Crippen molar-refractivity contribution in [1.29, 1.82) is 0 Å². The van der Waals surface area contributed by atoms with Gasteiger partial charge in [-0.1, -0.05) is 0 Å². The summed E-state index contributed by atoms with van der Waals surface area (Å²) in [5.41, 5.74) is 0.463. The average Bonchev–Trinajstić information content (AvgIpc) is 2.28. The van der Waals surface area contributed by atoms with Gasteiger partial charge >= 0.3 is 0 Å². The van der Waals surface area contributed by atoms with Crippen molar-refractivity contribution in [1.82, 2.24) is 4.90 Å². The molecule has 1 amide bonds. The van der Waals surface area contributed by atoms with Crippen LogP contribution in [0.1, 0.15) is 10.4 Å². The van der Waals surface area contributed by atoms with Gasteiger partial charge in [0.2, 0.25) is 0 Å². The van der Waals surface area contributed by atoms with Crippen LogP contribution in [0.2, 0.25) is 0 Å². The third-order valence-corrected chi connectivity index (χ3v) is 2.60. The van der Waals surface area contributed by atoms with Gasteiger partial charge < -0.3 is 14.4 Å². The Kier molecular flexibility index (Phi) is 4.06. The molecule has 1 aromatic rings. The van der Waals surface area contributed by atoms with Crippen molar-refractivity contribution in [2.45, 2.75) is 4.90 Å². The van der Waals surface area contributed by atoms with Crippen LogP contribution in [0.4, 0.5) is 0 Å². The Balaban J connectivity index is 3.31. The van der Waals surface area contributed by atoms with E-state index in [-0.39, 0.29) is 5.91 Å². The van der Waals surface area contributed by atoms with E-state index >= 15 is 0 Å². The molecule has 0 aliphatic rings. The number of nitrogens with zero attached hydrogens (tertiary/aromatic N) is 1. The molecule has 88 valence electrons. The minimum atomic E-state index is -0.137. The van der Waals surface area contributed by atoms with Crippen LogP contribution in [0, 0.1) is 0 Å². The van der Waals surface area contributed by atoms with Gasteiger partial charge in [-0.3, -0.25) is 4.79 Å². The lowest BCUT2D eigenvalue weighted by Gasteiger charge is -2.15. The summed E-state index contributed by atoms with van der Waals surface area (Å²) in [7, 11) is 6.43. The molecule has 0 saturated heterocycles. The van der Waals surface area contributed by atoms with Gasteiger partial charge in [-0.2, -0.15) is 0 Å². The maximum atomic E-state index is 11.9. The number of methoxy groups -OCH3 is 2. The zero-order chi connectivity index (χ0) is 12.3. The molecule has 1 aromatic carbocycles. The largest absolute Gasteiger partial charge is 0.497 e. The van der Waals surface area contributed by atoms with Crippen molar-refractivity contribution in [2.75, 3.05) is 28.3 Å². The number of ether oxygens (including phenoxy) is 2. The molecule has 0 atom stereocenters. The number of carbonyl (C=O) groups excluding carboxylic acids is 1. The zero-order valence-electron chi connectivity index (χ0n) is 9.77. The van der Waals surface area contributed by atoms with E-state index in [1.54, 1.807) is 26.2 Å². The van der Waals surface area contributed by atoms with Gasteiger partial charge in [0, 0.05) is 20.2 Å². The van der Waals surface area contributed by atoms with Crippen LogP contribution in [0.25, 0.3) is 0 Å². The van der Waals surface area contributed by atoms with Crippen molar-refractivity contribution in [3.8, 4) is 11.5 Å². The van der Waals surface area contributed by atoms with Gasteiger partial charge in [0.1, 0.15) is 11.5 Å². The number of thiol groups is 1. The Morgan fingerprint density at radius 2 is 1.88 bits per heavy atom. The number of benzene rings is 1. The molecule has 0 saturated carbocycles. The highest BCUT2D eigenvalue weighted by molar-refractivity contribution is 7.80. The molecule has 0 N–H and O–H groups in total. The second-order valence-electron chi connectivity index (χ2n) is 3.43. The molecular formula is C11H15NO3S. The summed E-state index contributed by atoms with van der Waals surface area (Å²) in [5, 5.41) is 0. The molecule has 5 heteroatoms. The Labute approximate surface area is 101 Å². The van der Waals surface area contributed by atoms with E-state index < -0.39 is 0 Å². The molecule has 1 rings (SSSR count). The molecule has 0 bridgehead atoms. The Hall–Kier alpha value is -1.36. The Morgan fingerprint density at radius 3 is 2.31 bits per heavy atom. The van der Waals surface area contributed by atoms with Crippen LogP contribution in [-0.2, 0) is 0 Å². The lowest BCUT2D eigenvalue weighted by Crippen LogP contribution is -2.22. The van der Waals surface area contributed by atoms with E-state index in [0.717, 1.165) is 0 Å². The normalized spacial score (nSPS) is 9.81. The van der Waals surface area contributed by atoms with E-state index in [1.807, 2.05) is 0 Å². The predicted molar refractivity (Wildman–Crippen MR) is 64.8 cm³/mol. The fraction of sp³-hybridized carbons (Fsp3) is 0.364. The molecule has 0 spiro atoms. The summed E-state index contributed by atoms with van der Waals surface area (Å²) >= 11 is 4.28. The number of rotatable bonds is 3. The van der Waals surface area contributed by atoms with Crippen molar-refractivity contribution in [2.24, 2.45) is 0 Å². The van der Waals surface area contributed by atoms with Gasteiger partial charge in [0.25, 0.3) is 5.91 Å². The summed E-state index contributed by atoms with van der Waals surface area (Å²) < 4.78 is 10.2. The summed E-state index contributed by atoms with van der Waals surface area (Å²) in [6, 6.07) is 3.34. The minimum Gasteiger partial charge on any atom is -0.497 e. The van der Waals surface area contributed by atoms with E-state index in [9.17, 15) is 4.79 Å². The molecular weight excluding hydrogens is 226 g/mol. The first-order chi connectivity index (χ1) is 7.51. The second-order valence-corrected chi connectivity index (χ2v) is 3.87. The SMILES string of the molecule is COc1cc(OC)c(S)c(C(=O)N(C)C)c1. The van der Waals surface area contributed by atoms with Gasteiger partial charge in [-0.25, -0.2) is 0 Å². The summed E-state index contributed by atoms with van der Waals surface area (Å²) in [6.07, 6.45) is 0. The van der Waals surface area contributed by atoms with Crippen molar-refractivity contribution >= 4 is 18.5 Å².